The van der Waals surface area contributed by atoms with Gasteiger partial charge in [-0.05, 0) is 25.7 Å². The van der Waals surface area contributed by atoms with Crippen molar-refractivity contribution in [2.75, 3.05) is 12.0 Å². The van der Waals surface area contributed by atoms with Crippen LogP contribution in [0.3, 0.4) is 0 Å². The molecule has 1 aliphatic rings. The van der Waals surface area contributed by atoms with Gasteiger partial charge in [0.2, 0.25) is 0 Å². The lowest BCUT2D eigenvalue weighted by Crippen LogP contribution is -2.37. The summed E-state index contributed by atoms with van der Waals surface area (Å²) in [7, 11) is -2.90. The van der Waals surface area contributed by atoms with E-state index in [1.807, 2.05) is 0 Å². The Kier molecular flexibility index (Phi) is 3.76. The molecule has 0 saturated heterocycles. The molecule has 0 aromatic rings. The minimum Gasteiger partial charge on any atom is -0.481 e. The van der Waals surface area contributed by atoms with Gasteiger partial charge in [-0.1, -0.05) is 12.8 Å². The van der Waals surface area contributed by atoms with Gasteiger partial charge in [-0.15, -0.1) is 0 Å². The topological polar surface area (TPSA) is 71.4 Å². The van der Waals surface area contributed by atoms with Gasteiger partial charge in [0.05, 0.1) is 5.41 Å². The van der Waals surface area contributed by atoms with Crippen LogP contribution in [0.25, 0.3) is 0 Å². The van der Waals surface area contributed by atoms with Gasteiger partial charge in [0.15, 0.2) is 0 Å². The Morgan fingerprint density at radius 3 is 2.27 bits per heavy atom. The quantitative estimate of drug-likeness (QED) is 0.706. The molecule has 0 atom stereocenters. The summed E-state index contributed by atoms with van der Waals surface area (Å²) in [5.41, 5.74) is -0.530. The summed E-state index contributed by atoms with van der Waals surface area (Å²) < 4.78 is 21.7. The molecule has 0 amide bonds. The van der Waals surface area contributed by atoms with Gasteiger partial charge in [0, 0.05) is 12.0 Å². The highest BCUT2D eigenvalue weighted by molar-refractivity contribution is 7.90. The van der Waals surface area contributed by atoms with Crippen molar-refractivity contribution in [3.63, 3.8) is 0 Å². The van der Waals surface area contributed by atoms with Crippen LogP contribution < -0.4 is 0 Å². The Labute approximate surface area is 90.6 Å². The molecule has 1 N–H and O–H groups in total. The molecule has 1 saturated carbocycles. The summed E-state index contributed by atoms with van der Waals surface area (Å²) in [6.45, 7) is 0. The molecule has 0 heterocycles. The van der Waals surface area contributed by atoms with Gasteiger partial charge >= 0.3 is 5.97 Å². The fourth-order valence-electron chi connectivity index (χ4n) is 2.00. The average Bonchev–Trinajstić information content (AvgIpc) is 1.98. The summed E-state index contributed by atoms with van der Waals surface area (Å²) in [4.78, 5) is 11.0. The third kappa shape index (κ3) is 3.48. The maximum Gasteiger partial charge on any atom is 0.309 e. The normalized spacial score (nSPS) is 19.5. The van der Waals surface area contributed by atoms with Crippen molar-refractivity contribution < 1.29 is 18.3 Å². The number of carboxylic acid groups (broad SMARTS) is 1. The summed E-state index contributed by atoms with van der Waals surface area (Å²) in [6, 6.07) is 0. The number of carboxylic acids is 1. The highest BCUT2D eigenvalue weighted by Crippen LogP contribution is 2.45. The van der Waals surface area contributed by atoms with Crippen LogP contribution >= 0.6 is 0 Å². The van der Waals surface area contributed by atoms with Crippen molar-refractivity contribution in [3.05, 3.63) is 0 Å². The summed E-state index contributed by atoms with van der Waals surface area (Å²) in [6.07, 6.45) is 5.59. The molecule has 0 aromatic heterocycles. The number of hydrogen-bond donors (Lipinski definition) is 1. The van der Waals surface area contributed by atoms with E-state index in [0.29, 0.717) is 19.3 Å². The molecule has 0 bridgehead atoms. The van der Waals surface area contributed by atoms with Crippen LogP contribution in [0.15, 0.2) is 0 Å². The standard InChI is InChI=1S/C10H18O4S/c1-15(13,14)8-3-2-5-10(9(11)12)6-4-7-10/h2-8H2,1H3,(H,11,12). The first-order valence-electron chi connectivity index (χ1n) is 5.27. The summed E-state index contributed by atoms with van der Waals surface area (Å²) >= 11 is 0. The number of hydrogen-bond acceptors (Lipinski definition) is 3. The Morgan fingerprint density at radius 2 is 1.93 bits per heavy atom. The number of carbonyl (C=O) groups is 1. The van der Waals surface area contributed by atoms with E-state index in [1.54, 1.807) is 0 Å². The molecule has 5 heteroatoms. The van der Waals surface area contributed by atoms with Gasteiger partial charge in [-0.3, -0.25) is 4.79 Å². The smallest absolute Gasteiger partial charge is 0.309 e. The van der Waals surface area contributed by atoms with E-state index in [4.69, 9.17) is 5.11 Å². The molecule has 1 fully saturated rings. The largest absolute Gasteiger partial charge is 0.481 e. The van der Waals surface area contributed by atoms with Crippen LogP contribution in [-0.4, -0.2) is 31.5 Å². The van der Waals surface area contributed by atoms with Crippen LogP contribution in [0.5, 0.6) is 0 Å². The molecule has 0 aromatic carbocycles. The van der Waals surface area contributed by atoms with Crippen LogP contribution in [0.2, 0.25) is 0 Å². The highest BCUT2D eigenvalue weighted by Gasteiger charge is 2.43. The molecule has 15 heavy (non-hydrogen) atoms. The van der Waals surface area contributed by atoms with Crippen molar-refractivity contribution in [2.24, 2.45) is 5.41 Å². The third-order valence-electron chi connectivity index (χ3n) is 3.18. The first kappa shape index (κ1) is 12.5. The number of unbranched alkanes of at least 4 members (excludes halogenated alkanes) is 1. The predicted octanol–water partition coefficient (Wildman–Crippen LogP) is 1.46. The van der Waals surface area contributed by atoms with Crippen molar-refractivity contribution >= 4 is 15.8 Å². The Hall–Kier alpha value is -0.580. The Balaban J connectivity index is 2.28. The fourth-order valence-corrected chi connectivity index (χ4v) is 2.73. The lowest BCUT2D eigenvalue weighted by molar-refractivity contribution is -0.155. The zero-order valence-electron chi connectivity index (χ0n) is 9.03. The minimum atomic E-state index is -2.90. The van der Waals surface area contributed by atoms with Crippen molar-refractivity contribution in [3.8, 4) is 0 Å². The second kappa shape index (κ2) is 4.51. The van der Waals surface area contributed by atoms with E-state index in [1.165, 1.54) is 6.26 Å². The second-order valence-corrected chi connectivity index (χ2v) is 6.79. The molecule has 1 rings (SSSR count). The molecule has 0 spiro atoms. The van der Waals surface area contributed by atoms with Gasteiger partial charge < -0.3 is 5.11 Å². The summed E-state index contributed by atoms with van der Waals surface area (Å²) in [5, 5.41) is 9.02. The molecule has 88 valence electrons. The van der Waals surface area contributed by atoms with Crippen LogP contribution in [-0.2, 0) is 14.6 Å². The van der Waals surface area contributed by atoms with Gasteiger partial charge in [0.25, 0.3) is 0 Å². The molecule has 0 aliphatic heterocycles. The maximum absolute atomic E-state index is 11.0. The monoisotopic (exact) mass is 234 g/mol. The van der Waals surface area contributed by atoms with Crippen molar-refractivity contribution in [1.29, 1.82) is 0 Å². The van der Waals surface area contributed by atoms with Crippen molar-refractivity contribution in [1.82, 2.24) is 0 Å². The Morgan fingerprint density at radius 1 is 1.33 bits per heavy atom. The molecular weight excluding hydrogens is 216 g/mol. The molecule has 4 nitrogen and oxygen atoms in total. The summed E-state index contributed by atoms with van der Waals surface area (Å²) in [5.74, 6) is -0.545. The SMILES string of the molecule is CS(=O)(=O)CCCCC1(C(=O)O)CCC1. The fraction of sp³-hybridized carbons (Fsp3) is 0.900. The van der Waals surface area contributed by atoms with E-state index in [0.717, 1.165) is 19.3 Å². The molecule has 1 aliphatic carbocycles. The highest BCUT2D eigenvalue weighted by atomic mass is 32.2. The maximum atomic E-state index is 11.0. The Bertz CT molecular complexity index is 327. The lowest BCUT2D eigenvalue weighted by Gasteiger charge is -2.37. The van der Waals surface area contributed by atoms with E-state index in [9.17, 15) is 13.2 Å². The van der Waals surface area contributed by atoms with Crippen LogP contribution in [0, 0.1) is 5.41 Å². The van der Waals surface area contributed by atoms with Gasteiger partial charge in [0.1, 0.15) is 9.84 Å². The van der Waals surface area contributed by atoms with Gasteiger partial charge in [-0.25, -0.2) is 8.42 Å². The zero-order chi connectivity index (χ0) is 11.5. The van der Waals surface area contributed by atoms with Crippen molar-refractivity contribution in [2.45, 2.75) is 38.5 Å². The van der Waals surface area contributed by atoms with E-state index in [2.05, 4.69) is 0 Å². The van der Waals surface area contributed by atoms with E-state index >= 15 is 0 Å². The second-order valence-electron chi connectivity index (χ2n) is 4.53. The first-order chi connectivity index (χ1) is 6.86. The number of rotatable bonds is 6. The third-order valence-corrected chi connectivity index (χ3v) is 4.22. The lowest BCUT2D eigenvalue weighted by atomic mass is 9.66. The number of sulfone groups is 1. The predicted molar refractivity (Wildman–Crippen MR) is 57.5 cm³/mol. The number of aliphatic carboxylic acids is 1. The molecular formula is C10H18O4S. The van der Waals surface area contributed by atoms with E-state index in [-0.39, 0.29) is 5.75 Å². The first-order valence-corrected chi connectivity index (χ1v) is 7.33. The average molecular weight is 234 g/mol. The molecule has 0 radical (unpaired) electrons. The van der Waals surface area contributed by atoms with Crippen LogP contribution in [0.1, 0.15) is 38.5 Å². The minimum absolute atomic E-state index is 0.169. The zero-order valence-corrected chi connectivity index (χ0v) is 9.85. The van der Waals surface area contributed by atoms with Gasteiger partial charge in [-0.2, -0.15) is 0 Å². The van der Waals surface area contributed by atoms with E-state index < -0.39 is 21.2 Å². The molecule has 0 unspecified atom stereocenters. The van der Waals surface area contributed by atoms with Crippen LogP contribution in [0.4, 0.5) is 0 Å².